The number of allylic oxidation sites excluding steroid dienone is 5. The zero-order valence-corrected chi connectivity index (χ0v) is 13.2. The lowest BCUT2D eigenvalue weighted by Gasteiger charge is -2.17. The number of rotatable bonds is 4. The van der Waals surface area contributed by atoms with Crippen molar-refractivity contribution in [2.75, 3.05) is 0 Å². The topological polar surface area (TPSA) is 40.5 Å². The molecule has 116 valence electrons. The van der Waals surface area contributed by atoms with Gasteiger partial charge < -0.3 is 10.2 Å². The molecule has 0 spiro atoms. The summed E-state index contributed by atoms with van der Waals surface area (Å²) in [7, 11) is 0. The lowest BCUT2D eigenvalue weighted by molar-refractivity contribution is 0.475. The van der Waals surface area contributed by atoms with Crippen molar-refractivity contribution in [3.8, 4) is 11.5 Å². The largest absolute Gasteiger partial charge is 0.508 e. The second-order valence-electron chi connectivity index (χ2n) is 5.63. The maximum atomic E-state index is 9.58. The van der Waals surface area contributed by atoms with E-state index in [1.165, 1.54) is 11.1 Å². The minimum absolute atomic E-state index is 0.263. The van der Waals surface area contributed by atoms with Crippen LogP contribution in [0.15, 0.2) is 77.9 Å². The summed E-state index contributed by atoms with van der Waals surface area (Å²) in [5.74, 6) is 0.525. The number of hydrogen-bond acceptors (Lipinski definition) is 2. The van der Waals surface area contributed by atoms with Gasteiger partial charge in [-0.2, -0.15) is 0 Å². The Hall–Kier alpha value is -2.74. The van der Waals surface area contributed by atoms with Gasteiger partial charge >= 0.3 is 0 Å². The Balaban J connectivity index is 2.20. The molecule has 23 heavy (non-hydrogen) atoms. The molecule has 0 radical (unpaired) electrons. The molecule has 2 nitrogen and oxygen atoms in total. The van der Waals surface area contributed by atoms with Crippen LogP contribution in [-0.4, -0.2) is 10.2 Å². The zero-order chi connectivity index (χ0) is 16.2. The Morgan fingerprint density at radius 1 is 0.870 bits per heavy atom. The van der Waals surface area contributed by atoms with Crippen LogP contribution in [0, 0.1) is 0 Å². The third-order valence-electron chi connectivity index (χ3n) is 4.13. The number of aromatic hydroxyl groups is 2. The van der Waals surface area contributed by atoms with Crippen LogP contribution in [0.2, 0.25) is 0 Å². The number of phenols is 2. The average molecular weight is 304 g/mol. The standard InChI is InChI=1S/C21H20O2/c1-2-20(15-5-3-4-6-15)21(16-7-11-18(22)12-8-16)17-9-13-19(23)14-10-17/h3-5,7-14,22-23H,2,6H2,1H3. The molecule has 0 atom stereocenters. The summed E-state index contributed by atoms with van der Waals surface area (Å²) >= 11 is 0. The highest BCUT2D eigenvalue weighted by atomic mass is 16.3. The summed E-state index contributed by atoms with van der Waals surface area (Å²) in [5, 5.41) is 19.2. The summed E-state index contributed by atoms with van der Waals surface area (Å²) < 4.78 is 0. The molecule has 0 saturated heterocycles. The first kappa shape index (κ1) is 15.2. The van der Waals surface area contributed by atoms with Crippen LogP contribution in [0.4, 0.5) is 0 Å². The molecule has 0 aromatic heterocycles. The van der Waals surface area contributed by atoms with Gasteiger partial charge in [-0.1, -0.05) is 49.4 Å². The van der Waals surface area contributed by atoms with Gasteiger partial charge in [0.05, 0.1) is 0 Å². The third-order valence-corrected chi connectivity index (χ3v) is 4.13. The molecule has 0 heterocycles. The van der Waals surface area contributed by atoms with Crippen LogP contribution >= 0.6 is 0 Å². The molecule has 0 aliphatic heterocycles. The first-order valence-corrected chi connectivity index (χ1v) is 7.87. The lowest BCUT2D eigenvalue weighted by Crippen LogP contribution is -1.97. The molecule has 1 aliphatic carbocycles. The van der Waals surface area contributed by atoms with Crippen LogP contribution in [0.3, 0.4) is 0 Å². The molecule has 0 bridgehead atoms. The summed E-state index contributed by atoms with van der Waals surface area (Å²) in [6.45, 7) is 2.16. The van der Waals surface area contributed by atoms with E-state index in [0.29, 0.717) is 0 Å². The van der Waals surface area contributed by atoms with Gasteiger partial charge in [-0.05, 0) is 65.0 Å². The monoisotopic (exact) mass is 304 g/mol. The Morgan fingerprint density at radius 2 is 1.39 bits per heavy atom. The Bertz CT molecular complexity index is 728. The Morgan fingerprint density at radius 3 is 1.78 bits per heavy atom. The summed E-state index contributed by atoms with van der Waals surface area (Å²) in [6, 6.07) is 14.6. The van der Waals surface area contributed by atoms with Crippen LogP contribution in [0.1, 0.15) is 30.9 Å². The second-order valence-corrected chi connectivity index (χ2v) is 5.63. The SMILES string of the molecule is CCC(C1=CC=CC1)=C(c1ccc(O)cc1)c1ccc(O)cc1. The molecular formula is C21H20O2. The summed E-state index contributed by atoms with van der Waals surface area (Å²) in [4.78, 5) is 0. The molecule has 0 saturated carbocycles. The molecule has 1 aliphatic rings. The van der Waals surface area contributed by atoms with E-state index in [1.807, 2.05) is 24.3 Å². The van der Waals surface area contributed by atoms with Gasteiger partial charge in [-0.3, -0.25) is 0 Å². The van der Waals surface area contributed by atoms with Gasteiger partial charge in [0.25, 0.3) is 0 Å². The van der Waals surface area contributed by atoms with Crippen LogP contribution in [-0.2, 0) is 0 Å². The quantitative estimate of drug-likeness (QED) is 0.815. The molecule has 0 unspecified atom stereocenters. The summed E-state index contributed by atoms with van der Waals surface area (Å²) in [6.07, 6.45) is 8.29. The van der Waals surface area contributed by atoms with Crippen molar-refractivity contribution in [1.29, 1.82) is 0 Å². The Kier molecular flexibility index (Phi) is 4.33. The summed E-state index contributed by atoms with van der Waals surface area (Å²) in [5.41, 5.74) is 5.91. The van der Waals surface area contributed by atoms with Crippen LogP contribution in [0.5, 0.6) is 11.5 Å². The molecule has 0 amide bonds. The van der Waals surface area contributed by atoms with Gasteiger partial charge in [0.1, 0.15) is 11.5 Å². The highest BCUT2D eigenvalue weighted by Crippen LogP contribution is 2.35. The van der Waals surface area contributed by atoms with E-state index in [0.717, 1.165) is 29.5 Å². The van der Waals surface area contributed by atoms with Gasteiger partial charge in [0.15, 0.2) is 0 Å². The number of phenolic OH excluding ortho intramolecular Hbond substituents is 2. The fourth-order valence-electron chi connectivity index (χ4n) is 3.01. The first-order chi connectivity index (χ1) is 11.2. The highest BCUT2D eigenvalue weighted by molar-refractivity contribution is 5.85. The Labute approximate surface area is 136 Å². The number of benzene rings is 2. The first-order valence-electron chi connectivity index (χ1n) is 7.87. The van der Waals surface area contributed by atoms with E-state index in [4.69, 9.17) is 0 Å². The minimum atomic E-state index is 0.263. The smallest absolute Gasteiger partial charge is 0.115 e. The normalized spacial score (nSPS) is 13.0. The molecule has 3 rings (SSSR count). The van der Waals surface area contributed by atoms with Gasteiger partial charge in [0, 0.05) is 0 Å². The van der Waals surface area contributed by atoms with Crippen molar-refractivity contribution in [2.24, 2.45) is 0 Å². The van der Waals surface area contributed by atoms with Crippen LogP contribution in [0.25, 0.3) is 5.57 Å². The van der Waals surface area contributed by atoms with Crippen molar-refractivity contribution >= 4 is 5.57 Å². The van der Waals surface area contributed by atoms with Crippen molar-refractivity contribution in [2.45, 2.75) is 19.8 Å². The molecule has 0 fully saturated rings. The van der Waals surface area contributed by atoms with E-state index < -0.39 is 0 Å². The maximum absolute atomic E-state index is 9.58. The average Bonchev–Trinajstić information content (AvgIpc) is 3.09. The maximum Gasteiger partial charge on any atom is 0.115 e. The fourth-order valence-corrected chi connectivity index (χ4v) is 3.01. The van der Waals surface area contributed by atoms with E-state index in [-0.39, 0.29) is 11.5 Å². The number of hydrogen-bond donors (Lipinski definition) is 2. The molecule has 2 aromatic carbocycles. The molecule has 2 heteroatoms. The van der Waals surface area contributed by atoms with Crippen molar-refractivity contribution in [3.05, 3.63) is 89.0 Å². The van der Waals surface area contributed by atoms with Gasteiger partial charge in [-0.15, -0.1) is 0 Å². The van der Waals surface area contributed by atoms with E-state index in [9.17, 15) is 10.2 Å². The molecular weight excluding hydrogens is 284 g/mol. The second kappa shape index (κ2) is 6.57. The van der Waals surface area contributed by atoms with E-state index in [1.54, 1.807) is 24.3 Å². The third kappa shape index (κ3) is 3.21. The zero-order valence-electron chi connectivity index (χ0n) is 13.2. The van der Waals surface area contributed by atoms with Crippen molar-refractivity contribution in [1.82, 2.24) is 0 Å². The highest BCUT2D eigenvalue weighted by Gasteiger charge is 2.15. The minimum Gasteiger partial charge on any atom is -0.508 e. The van der Waals surface area contributed by atoms with E-state index >= 15 is 0 Å². The van der Waals surface area contributed by atoms with E-state index in [2.05, 4.69) is 25.2 Å². The van der Waals surface area contributed by atoms with Crippen LogP contribution < -0.4 is 0 Å². The predicted molar refractivity (Wildman–Crippen MR) is 94.4 cm³/mol. The fraction of sp³-hybridized carbons (Fsp3) is 0.143. The van der Waals surface area contributed by atoms with Gasteiger partial charge in [-0.25, -0.2) is 0 Å². The predicted octanol–water partition coefficient (Wildman–Crippen LogP) is 5.20. The van der Waals surface area contributed by atoms with Gasteiger partial charge in [0.2, 0.25) is 0 Å². The van der Waals surface area contributed by atoms with Crippen molar-refractivity contribution in [3.63, 3.8) is 0 Å². The van der Waals surface area contributed by atoms with Crippen molar-refractivity contribution < 1.29 is 10.2 Å². The molecule has 2 N–H and O–H groups in total. The lowest BCUT2D eigenvalue weighted by atomic mass is 9.87. The molecule has 2 aromatic rings.